The number of aryl methyl sites for hydroxylation is 1. The van der Waals surface area contributed by atoms with Crippen LogP contribution < -0.4 is 0 Å². The molecule has 0 aliphatic carbocycles. The van der Waals surface area contributed by atoms with Crippen molar-refractivity contribution < 1.29 is 13.2 Å². The van der Waals surface area contributed by atoms with Gasteiger partial charge >= 0.3 is 0 Å². The molecule has 0 fully saturated rings. The third kappa shape index (κ3) is 2.46. The number of sulfone groups is 1. The van der Waals surface area contributed by atoms with Crippen molar-refractivity contribution in [3.05, 3.63) is 21.4 Å². The molecule has 5 heteroatoms. The van der Waals surface area contributed by atoms with Crippen LogP contribution in [0.2, 0.25) is 0 Å². The van der Waals surface area contributed by atoms with Crippen molar-refractivity contribution in [3.8, 4) is 0 Å². The Morgan fingerprint density at radius 3 is 2.93 bits per heavy atom. The zero-order chi connectivity index (χ0) is 11.1. The Morgan fingerprint density at radius 2 is 2.27 bits per heavy atom. The lowest BCUT2D eigenvalue weighted by Crippen LogP contribution is -2.16. The molecule has 0 amide bonds. The van der Waals surface area contributed by atoms with Crippen LogP contribution in [0.3, 0.4) is 0 Å². The minimum atomic E-state index is -2.89. The molecule has 0 saturated carbocycles. The van der Waals surface area contributed by atoms with Gasteiger partial charge in [0.1, 0.15) is 5.78 Å². The van der Waals surface area contributed by atoms with Crippen molar-refractivity contribution in [2.45, 2.75) is 25.5 Å². The minimum absolute atomic E-state index is 0.122. The Morgan fingerprint density at radius 1 is 1.53 bits per heavy atom. The number of carbonyl (C=O) groups is 1. The average Bonchev–Trinajstić information content (AvgIpc) is 2.42. The zero-order valence-electron chi connectivity index (χ0n) is 8.45. The number of rotatable bonds is 2. The van der Waals surface area contributed by atoms with Crippen molar-refractivity contribution >= 4 is 27.0 Å². The highest BCUT2D eigenvalue weighted by Crippen LogP contribution is 2.29. The van der Waals surface area contributed by atoms with E-state index < -0.39 is 9.84 Å². The highest BCUT2D eigenvalue weighted by Gasteiger charge is 2.23. The van der Waals surface area contributed by atoms with Gasteiger partial charge in [-0.1, -0.05) is 0 Å². The molecular formula is C10H12O3S2. The van der Waals surface area contributed by atoms with Gasteiger partial charge in [0.05, 0.1) is 11.5 Å². The van der Waals surface area contributed by atoms with Gasteiger partial charge < -0.3 is 0 Å². The topological polar surface area (TPSA) is 51.2 Å². The van der Waals surface area contributed by atoms with E-state index in [9.17, 15) is 13.2 Å². The number of Topliss-reactive ketones (excluding diaryl/α,β-unsaturated/α-hetero) is 1. The lowest BCUT2D eigenvalue weighted by Gasteiger charge is -2.10. The second-order valence-electron chi connectivity index (χ2n) is 3.88. The average molecular weight is 244 g/mol. The molecule has 2 rings (SSSR count). The summed E-state index contributed by atoms with van der Waals surface area (Å²) in [4.78, 5) is 13.1. The van der Waals surface area contributed by atoms with Gasteiger partial charge in [0.2, 0.25) is 0 Å². The summed E-state index contributed by atoms with van der Waals surface area (Å²) in [5, 5.41) is 0. The van der Waals surface area contributed by atoms with Crippen molar-refractivity contribution in [3.63, 3.8) is 0 Å². The molecule has 1 aromatic heterocycles. The first kappa shape index (κ1) is 10.8. The summed E-state index contributed by atoms with van der Waals surface area (Å²) in [5.74, 6) is 0.521. The van der Waals surface area contributed by atoms with E-state index in [0.29, 0.717) is 12.8 Å². The summed E-state index contributed by atoms with van der Waals surface area (Å²) >= 11 is 1.58. The van der Waals surface area contributed by atoms with Crippen LogP contribution in [-0.4, -0.2) is 20.0 Å². The Bertz CT molecular complexity index is 497. The van der Waals surface area contributed by atoms with Gasteiger partial charge in [-0.2, -0.15) is 0 Å². The zero-order valence-corrected chi connectivity index (χ0v) is 10.1. The third-order valence-corrected chi connectivity index (χ3v) is 5.20. The molecule has 0 atom stereocenters. The number of hydrogen-bond acceptors (Lipinski definition) is 4. The summed E-state index contributed by atoms with van der Waals surface area (Å²) in [6.07, 6.45) is 1.04. The number of carbonyl (C=O) groups excluding carboxylic acids is 1. The first-order valence-corrected chi connectivity index (χ1v) is 7.40. The highest BCUT2D eigenvalue weighted by atomic mass is 32.2. The van der Waals surface area contributed by atoms with Crippen LogP contribution in [0.4, 0.5) is 0 Å². The van der Waals surface area contributed by atoms with Crippen LogP contribution in [0.1, 0.15) is 22.2 Å². The fourth-order valence-electron chi connectivity index (χ4n) is 1.75. The predicted octanol–water partition coefficient (Wildman–Crippen LogP) is 1.35. The van der Waals surface area contributed by atoms with Crippen LogP contribution >= 0.6 is 11.3 Å². The molecule has 0 bridgehead atoms. The first-order chi connectivity index (χ1) is 6.96. The van der Waals surface area contributed by atoms with Crippen LogP contribution in [0, 0.1) is 0 Å². The number of fused-ring (bicyclic) bond motifs is 1. The number of thiophene rings is 1. The summed E-state index contributed by atoms with van der Waals surface area (Å²) in [6.45, 7) is 1.55. The number of ketones is 1. The van der Waals surface area contributed by atoms with Crippen molar-refractivity contribution in [1.82, 2.24) is 0 Å². The first-order valence-electron chi connectivity index (χ1n) is 4.76. The molecule has 0 radical (unpaired) electrons. The Hall–Kier alpha value is -0.680. The molecule has 82 valence electrons. The van der Waals surface area contributed by atoms with Crippen molar-refractivity contribution in [2.75, 3.05) is 5.75 Å². The van der Waals surface area contributed by atoms with E-state index >= 15 is 0 Å². The standard InChI is InChI=1S/C10H12O3S2/c1-7(11)4-9-5-8-6-15(12,13)3-2-10(8)14-9/h5H,2-4,6H2,1H3. The fourth-order valence-corrected chi connectivity index (χ4v) is 4.62. The largest absolute Gasteiger partial charge is 0.300 e. The van der Waals surface area contributed by atoms with E-state index in [-0.39, 0.29) is 17.3 Å². The summed E-state index contributed by atoms with van der Waals surface area (Å²) in [5.41, 5.74) is 0.905. The molecule has 3 nitrogen and oxygen atoms in total. The molecule has 0 spiro atoms. The van der Waals surface area contributed by atoms with Gasteiger partial charge in [0.25, 0.3) is 0 Å². The fraction of sp³-hybridized carbons (Fsp3) is 0.500. The molecule has 15 heavy (non-hydrogen) atoms. The summed E-state index contributed by atoms with van der Waals surface area (Å²) in [7, 11) is -2.89. The summed E-state index contributed by atoms with van der Waals surface area (Å²) < 4.78 is 22.8. The Labute approximate surface area is 93.0 Å². The molecule has 0 N–H and O–H groups in total. The third-order valence-electron chi connectivity index (χ3n) is 2.39. The predicted molar refractivity (Wildman–Crippen MR) is 59.9 cm³/mol. The highest BCUT2D eigenvalue weighted by molar-refractivity contribution is 7.90. The maximum atomic E-state index is 11.4. The minimum Gasteiger partial charge on any atom is -0.300 e. The van der Waals surface area contributed by atoms with E-state index in [1.54, 1.807) is 18.3 Å². The lowest BCUT2D eigenvalue weighted by molar-refractivity contribution is -0.116. The second kappa shape index (κ2) is 3.72. The number of hydrogen-bond donors (Lipinski definition) is 0. The van der Waals surface area contributed by atoms with Gasteiger partial charge in [0, 0.05) is 16.2 Å². The van der Waals surface area contributed by atoms with Crippen LogP contribution in [-0.2, 0) is 33.2 Å². The van der Waals surface area contributed by atoms with E-state index in [1.807, 2.05) is 6.07 Å². The monoisotopic (exact) mass is 244 g/mol. The van der Waals surface area contributed by atoms with Crippen LogP contribution in [0.25, 0.3) is 0 Å². The molecule has 1 aliphatic rings. The van der Waals surface area contributed by atoms with E-state index in [1.165, 1.54) is 0 Å². The van der Waals surface area contributed by atoms with E-state index in [2.05, 4.69) is 0 Å². The second-order valence-corrected chi connectivity index (χ2v) is 7.29. The van der Waals surface area contributed by atoms with Crippen molar-refractivity contribution in [1.29, 1.82) is 0 Å². The maximum absolute atomic E-state index is 11.4. The quantitative estimate of drug-likeness (QED) is 0.789. The lowest BCUT2D eigenvalue weighted by atomic mass is 10.2. The molecule has 0 saturated heterocycles. The molecule has 0 unspecified atom stereocenters. The van der Waals surface area contributed by atoms with Gasteiger partial charge in [-0.25, -0.2) is 8.42 Å². The van der Waals surface area contributed by atoms with Crippen LogP contribution in [0.15, 0.2) is 6.07 Å². The van der Waals surface area contributed by atoms with Crippen molar-refractivity contribution in [2.24, 2.45) is 0 Å². The maximum Gasteiger partial charge on any atom is 0.154 e. The Balaban J connectivity index is 2.29. The molecular weight excluding hydrogens is 232 g/mol. The molecule has 0 aromatic carbocycles. The van der Waals surface area contributed by atoms with E-state index in [4.69, 9.17) is 0 Å². The molecule has 1 aromatic rings. The smallest absolute Gasteiger partial charge is 0.154 e. The van der Waals surface area contributed by atoms with Crippen LogP contribution in [0.5, 0.6) is 0 Å². The molecule has 2 heterocycles. The summed E-state index contributed by atoms with van der Waals surface area (Å²) in [6, 6.07) is 1.87. The van der Waals surface area contributed by atoms with Gasteiger partial charge in [-0.05, 0) is 25.0 Å². The molecule has 1 aliphatic heterocycles. The van der Waals surface area contributed by atoms with Gasteiger partial charge in [-0.15, -0.1) is 11.3 Å². The SMILES string of the molecule is CC(=O)Cc1cc2c(s1)CCS(=O)(=O)C2. The van der Waals surface area contributed by atoms with Gasteiger partial charge in [-0.3, -0.25) is 4.79 Å². The normalized spacial score (nSPS) is 18.5. The van der Waals surface area contributed by atoms with Gasteiger partial charge in [0.15, 0.2) is 9.84 Å². The Kier molecular flexibility index (Phi) is 2.68. The van der Waals surface area contributed by atoms with E-state index in [0.717, 1.165) is 15.3 Å².